The van der Waals surface area contributed by atoms with Crippen LogP contribution in [-0.2, 0) is 17.5 Å². The van der Waals surface area contributed by atoms with E-state index in [1.165, 1.54) is 29.5 Å². The van der Waals surface area contributed by atoms with Crippen molar-refractivity contribution in [1.29, 1.82) is 0 Å². The van der Waals surface area contributed by atoms with E-state index in [0.29, 0.717) is 6.54 Å². The summed E-state index contributed by atoms with van der Waals surface area (Å²) >= 11 is 0. The molecule has 2 rings (SSSR count). The Morgan fingerprint density at radius 3 is 2.87 bits per heavy atom. The summed E-state index contributed by atoms with van der Waals surface area (Å²) in [6.45, 7) is 0.458. The van der Waals surface area contributed by atoms with Crippen molar-refractivity contribution < 1.29 is 18.0 Å². The van der Waals surface area contributed by atoms with Gasteiger partial charge in [0.15, 0.2) is 0 Å². The van der Waals surface area contributed by atoms with Gasteiger partial charge in [0, 0.05) is 12.0 Å². The highest BCUT2D eigenvalue weighted by Gasteiger charge is 2.30. The highest BCUT2D eigenvalue weighted by molar-refractivity contribution is 5.76. The summed E-state index contributed by atoms with van der Waals surface area (Å²) in [7, 11) is 0. The Kier molecular flexibility index (Phi) is 5.36. The Bertz CT molecular complexity index is 714. The minimum atomic E-state index is -4.40. The Morgan fingerprint density at radius 2 is 2.17 bits per heavy atom. The Balaban J connectivity index is 1.80. The van der Waals surface area contributed by atoms with Crippen molar-refractivity contribution >= 4 is 5.91 Å². The van der Waals surface area contributed by atoms with E-state index < -0.39 is 11.7 Å². The molecule has 1 N–H and O–H groups in total. The molecule has 0 aliphatic rings. The van der Waals surface area contributed by atoms with Gasteiger partial charge in [-0.3, -0.25) is 9.48 Å². The fourth-order valence-electron chi connectivity index (χ4n) is 1.71. The van der Waals surface area contributed by atoms with Gasteiger partial charge in [0.1, 0.15) is 12.7 Å². The van der Waals surface area contributed by atoms with Crippen molar-refractivity contribution in [3.63, 3.8) is 0 Å². The molecule has 0 unspecified atom stereocenters. The molecule has 1 aromatic heterocycles. The quantitative estimate of drug-likeness (QED) is 0.874. The van der Waals surface area contributed by atoms with Gasteiger partial charge < -0.3 is 5.32 Å². The van der Waals surface area contributed by atoms with Crippen LogP contribution in [0.15, 0.2) is 36.9 Å². The van der Waals surface area contributed by atoms with Crippen molar-refractivity contribution in [2.45, 2.75) is 19.1 Å². The van der Waals surface area contributed by atoms with Crippen LogP contribution in [0.2, 0.25) is 0 Å². The number of nitrogens with zero attached hydrogens (tertiary/aromatic N) is 3. The first kappa shape index (κ1) is 16.5. The maximum absolute atomic E-state index is 12.5. The first-order chi connectivity index (χ1) is 10.9. The summed E-state index contributed by atoms with van der Waals surface area (Å²) in [4.78, 5) is 15.3. The molecule has 0 saturated carbocycles. The molecule has 0 atom stereocenters. The lowest BCUT2D eigenvalue weighted by Gasteiger charge is -2.05. The van der Waals surface area contributed by atoms with Crippen LogP contribution in [0.3, 0.4) is 0 Å². The number of aryl methyl sites for hydroxylation is 1. The zero-order valence-corrected chi connectivity index (χ0v) is 12.0. The third-order valence-electron chi connectivity index (χ3n) is 2.83. The molecular formula is C15H13F3N4O. The first-order valence-electron chi connectivity index (χ1n) is 6.70. The molecule has 0 saturated heterocycles. The lowest BCUT2D eigenvalue weighted by Crippen LogP contribution is -2.24. The van der Waals surface area contributed by atoms with Crippen molar-refractivity contribution in [1.82, 2.24) is 20.1 Å². The molecule has 0 aliphatic carbocycles. The number of alkyl halides is 3. The van der Waals surface area contributed by atoms with E-state index in [9.17, 15) is 18.0 Å². The average Bonchev–Trinajstić information content (AvgIpc) is 3.02. The molecule has 1 heterocycles. The van der Waals surface area contributed by atoms with E-state index in [2.05, 4.69) is 27.2 Å². The molecule has 0 spiro atoms. The predicted octanol–water partition coefficient (Wildman–Crippen LogP) is 1.85. The van der Waals surface area contributed by atoms with Crippen LogP contribution < -0.4 is 5.32 Å². The topological polar surface area (TPSA) is 59.8 Å². The van der Waals surface area contributed by atoms with Gasteiger partial charge in [0.05, 0.1) is 18.7 Å². The highest BCUT2D eigenvalue weighted by Crippen LogP contribution is 2.29. The molecule has 8 heteroatoms. The number of amides is 1. The normalized spacial score (nSPS) is 10.7. The van der Waals surface area contributed by atoms with Crippen LogP contribution in [0.5, 0.6) is 0 Å². The van der Waals surface area contributed by atoms with E-state index >= 15 is 0 Å². The van der Waals surface area contributed by atoms with Crippen LogP contribution >= 0.6 is 0 Å². The van der Waals surface area contributed by atoms with Gasteiger partial charge in [-0.2, -0.15) is 18.3 Å². The molecule has 0 aliphatic heterocycles. The molecule has 0 fully saturated rings. The van der Waals surface area contributed by atoms with E-state index in [1.807, 2.05) is 0 Å². The third kappa shape index (κ3) is 5.47. The Labute approximate surface area is 130 Å². The van der Waals surface area contributed by atoms with Gasteiger partial charge in [0.25, 0.3) is 0 Å². The van der Waals surface area contributed by atoms with Crippen molar-refractivity contribution in [2.24, 2.45) is 0 Å². The Morgan fingerprint density at radius 1 is 1.35 bits per heavy atom. The largest absolute Gasteiger partial charge is 0.416 e. The average molecular weight is 322 g/mol. The molecule has 23 heavy (non-hydrogen) atoms. The van der Waals surface area contributed by atoms with Crippen LogP contribution in [0.1, 0.15) is 17.5 Å². The van der Waals surface area contributed by atoms with Crippen LogP contribution in [-0.4, -0.2) is 27.2 Å². The number of rotatable bonds is 4. The smallest absolute Gasteiger partial charge is 0.345 e. The number of aromatic nitrogens is 3. The van der Waals surface area contributed by atoms with Crippen LogP contribution in [0.4, 0.5) is 13.2 Å². The molecular weight excluding hydrogens is 309 g/mol. The fraction of sp³-hybridized carbons (Fsp3) is 0.267. The summed E-state index contributed by atoms with van der Waals surface area (Å²) in [6.07, 6.45) is -1.30. The molecule has 120 valence electrons. The van der Waals surface area contributed by atoms with Crippen molar-refractivity contribution in [2.75, 3.05) is 6.54 Å². The predicted molar refractivity (Wildman–Crippen MR) is 76.0 cm³/mol. The van der Waals surface area contributed by atoms with Crippen LogP contribution in [0, 0.1) is 11.8 Å². The standard InChI is InChI=1S/C15H13F3N4O/c16-15(17,18)13-5-1-3-12(9-13)4-2-7-20-14(23)6-8-22-11-19-10-21-22/h1,3,5,9-11H,6-8H2,(H,20,23). The number of benzene rings is 1. The summed E-state index contributed by atoms with van der Waals surface area (Å²) in [5.41, 5.74) is -0.502. The van der Waals surface area contributed by atoms with Gasteiger partial charge in [0.2, 0.25) is 5.91 Å². The number of carbonyl (C=O) groups is 1. The van der Waals surface area contributed by atoms with E-state index in [0.717, 1.165) is 12.1 Å². The number of hydrogen-bond donors (Lipinski definition) is 1. The number of carbonyl (C=O) groups excluding carboxylic acids is 1. The lowest BCUT2D eigenvalue weighted by atomic mass is 10.1. The Hall–Kier alpha value is -2.82. The van der Waals surface area contributed by atoms with Gasteiger partial charge >= 0.3 is 6.18 Å². The summed E-state index contributed by atoms with van der Waals surface area (Å²) in [5, 5.41) is 6.42. The lowest BCUT2D eigenvalue weighted by molar-refractivity contribution is -0.137. The minimum Gasteiger partial charge on any atom is -0.345 e. The van der Waals surface area contributed by atoms with Gasteiger partial charge in [-0.05, 0) is 18.2 Å². The summed E-state index contributed by atoms with van der Waals surface area (Å²) in [5.74, 6) is 4.99. The van der Waals surface area contributed by atoms with E-state index in [-0.39, 0.29) is 24.4 Å². The second-order valence-corrected chi connectivity index (χ2v) is 4.57. The molecule has 1 amide bonds. The maximum atomic E-state index is 12.5. The minimum absolute atomic E-state index is 0.0619. The van der Waals surface area contributed by atoms with Gasteiger partial charge in [-0.15, -0.1) is 0 Å². The van der Waals surface area contributed by atoms with E-state index in [1.54, 1.807) is 0 Å². The monoisotopic (exact) mass is 322 g/mol. The first-order valence-corrected chi connectivity index (χ1v) is 6.70. The van der Waals surface area contributed by atoms with E-state index in [4.69, 9.17) is 0 Å². The summed E-state index contributed by atoms with van der Waals surface area (Å²) < 4.78 is 39.2. The van der Waals surface area contributed by atoms with Gasteiger partial charge in [-0.25, -0.2) is 4.98 Å². The fourth-order valence-corrected chi connectivity index (χ4v) is 1.71. The molecule has 0 radical (unpaired) electrons. The number of nitrogens with one attached hydrogen (secondary N) is 1. The number of halogens is 3. The molecule has 5 nitrogen and oxygen atoms in total. The highest BCUT2D eigenvalue weighted by atomic mass is 19.4. The van der Waals surface area contributed by atoms with Crippen LogP contribution in [0.25, 0.3) is 0 Å². The zero-order chi connectivity index (χ0) is 16.7. The second kappa shape index (κ2) is 7.45. The molecule has 1 aromatic carbocycles. The maximum Gasteiger partial charge on any atom is 0.416 e. The molecule has 2 aromatic rings. The number of hydrogen-bond acceptors (Lipinski definition) is 3. The zero-order valence-electron chi connectivity index (χ0n) is 12.0. The SMILES string of the molecule is O=C(CCn1cncn1)NCC#Cc1cccc(C(F)(F)F)c1. The van der Waals surface area contributed by atoms with Crippen molar-refractivity contribution in [3.05, 3.63) is 48.0 Å². The molecule has 0 bridgehead atoms. The third-order valence-corrected chi connectivity index (χ3v) is 2.83. The van der Waals surface area contributed by atoms with Gasteiger partial charge in [-0.1, -0.05) is 17.9 Å². The summed E-state index contributed by atoms with van der Waals surface area (Å²) in [6, 6.07) is 4.73. The second-order valence-electron chi connectivity index (χ2n) is 4.57. The van der Waals surface area contributed by atoms with Crippen molar-refractivity contribution in [3.8, 4) is 11.8 Å².